The maximum absolute atomic E-state index is 2.46. The zero-order valence-corrected chi connectivity index (χ0v) is 16.2. The summed E-state index contributed by atoms with van der Waals surface area (Å²) in [7, 11) is 0. The average Bonchev–Trinajstić information content (AvgIpc) is 3.12. The summed E-state index contributed by atoms with van der Waals surface area (Å²) in [6, 6.07) is 0. The van der Waals surface area contributed by atoms with E-state index in [0.29, 0.717) is 23.7 Å². The van der Waals surface area contributed by atoms with E-state index in [1.165, 1.54) is 0 Å². The van der Waals surface area contributed by atoms with Gasteiger partial charge in [-0.25, -0.2) is 0 Å². The van der Waals surface area contributed by atoms with Gasteiger partial charge < -0.3 is 0 Å². The first-order chi connectivity index (χ1) is 11.2. The molecule has 0 bridgehead atoms. The highest BCUT2D eigenvalue weighted by atomic mass is 14.3. The Balaban J connectivity index is 2.35. The van der Waals surface area contributed by atoms with Gasteiger partial charge in [0.2, 0.25) is 0 Å². The predicted molar refractivity (Wildman–Crippen MR) is 108 cm³/mol. The van der Waals surface area contributed by atoms with Crippen molar-refractivity contribution in [3.8, 4) is 0 Å². The molecule has 0 nitrogen and oxygen atoms in total. The van der Waals surface area contributed by atoms with Crippen LogP contribution < -0.4 is 0 Å². The van der Waals surface area contributed by atoms with Crippen LogP contribution in [0.3, 0.4) is 0 Å². The third-order valence-corrected chi connectivity index (χ3v) is 4.53. The monoisotopic (exact) mass is 322 g/mol. The average molecular weight is 323 g/mol. The van der Waals surface area contributed by atoms with Gasteiger partial charge in [-0.05, 0) is 22.7 Å². The van der Waals surface area contributed by atoms with E-state index in [9.17, 15) is 0 Å². The van der Waals surface area contributed by atoms with E-state index in [0.717, 1.165) is 0 Å². The quantitative estimate of drug-likeness (QED) is 0.482. The normalized spacial score (nSPS) is 21.8. The molecular weight excluding hydrogens is 288 g/mol. The van der Waals surface area contributed by atoms with Gasteiger partial charge in [-0.15, -0.1) is 0 Å². The van der Waals surface area contributed by atoms with E-state index >= 15 is 0 Å². The molecule has 130 valence electrons. The first-order valence-electron chi connectivity index (χ1n) is 9.24. The van der Waals surface area contributed by atoms with Gasteiger partial charge in [-0.1, -0.05) is 114 Å². The standard InChI is InChI=1S/C24H34/c1-23(2,3)17-15-21(19-11-7-8-12-19)22(16-18-24(4,5)6)20-13-9-10-14-20/h7-22H,1-6H3. The molecule has 0 fully saturated rings. The maximum Gasteiger partial charge on any atom is 0.00216 e. The summed E-state index contributed by atoms with van der Waals surface area (Å²) in [5, 5.41) is 0. The lowest BCUT2D eigenvalue weighted by Crippen LogP contribution is -2.24. The van der Waals surface area contributed by atoms with Crippen molar-refractivity contribution >= 4 is 0 Å². The minimum atomic E-state index is 0.212. The molecule has 2 aliphatic rings. The van der Waals surface area contributed by atoms with Gasteiger partial charge >= 0.3 is 0 Å². The van der Waals surface area contributed by atoms with E-state index in [1.807, 2.05) is 0 Å². The molecule has 0 heteroatoms. The summed E-state index contributed by atoms with van der Waals surface area (Å²) in [6.45, 7) is 13.6. The molecule has 0 aromatic carbocycles. The molecule has 2 rings (SSSR count). The van der Waals surface area contributed by atoms with Crippen molar-refractivity contribution in [2.45, 2.75) is 41.5 Å². The molecule has 0 aromatic heterocycles. The Kier molecular flexibility index (Phi) is 5.91. The highest BCUT2D eigenvalue weighted by molar-refractivity contribution is 5.27. The Hall–Kier alpha value is -1.56. The Morgan fingerprint density at radius 3 is 1.12 bits per heavy atom. The smallest absolute Gasteiger partial charge is 0.00216 e. The van der Waals surface area contributed by atoms with Gasteiger partial charge in [0.15, 0.2) is 0 Å². The zero-order chi connectivity index (χ0) is 17.8. The highest BCUT2D eigenvalue weighted by Crippen LogP contribution is 2.37. The van der Waals surface area contributed by atoms with Crippen molar-refractivity contribution in [1.82, 2.24) is 0 Å². The molecule has 24 heavy (non-hydrogen) atoms. The van der Waals surface area contributed by atoms with Gasteiger partial charge in [0.1, 0.15) is 0 Å². The van der Waals surface area contributed by atoms with E-state index in [1.54, 1.807) is 0 Å². The van der Waals surface area contributed by atoms with Gasteiger partial charge in [-0.2, -0.15) is 0 Å². The number of rotatable bonds is 5. The molecule has 0 spiro atoms. The van der Waals surface area contributed by atoms with Crippen molar-refractivity contribution in [3.63, 3.8) is 0 Å². The SMILES string of the molecule is CC(C)(C)C=CC(C1C=CC=C1)C(C=CC(C)(C)C)C1C=CC=C1. The Morgan fingerprint density at radius 1 is 0.583 bits per heavy atom. The fourth-order valence-electron chi connectivity index (χ4n) is 3.24. The van der Waals surface area contributed by atoms with Crippen LogP contribution in [0.25, 0.3) is 0 Å². The summed E-state index contributed by atoms with van der Waals surface area (Å²) in [5.41, 5.74) is 0.424. The second kappa shape index (κ2) is 7.55. The van der Waals surface area contributed by atoms with E-state index < -0.39 is 0 Å². The third kappa shape index (κ3) is 5.82. The van der Waals surface area contributed by atoms with Gasteiger partial charge in [0, 0.05) is 11.8 Å². The predicted octanol–water partition coefficient (Wildman–Crippen LogP) is 6.91. The van der Waals surface area contributed by atoms with Crippen molar-refractivity contribution in [1.29, 1.82) is 0 Å². The molecule has 0 aliphatic heterocycles. The third-order valence-electron chi connectivity index (χ3n) is 4.53. The van der Waals surface area contributed by atoms with Crippen LogP contribution >= 0.6 is 0 Å². The fraction of sp³-hybridized carbons (Fsp3) is 0.500. The molecular formula is C24H34. The van der Waals surface area contributed by atoms with Crippen LogP contribution in [0.2, 0.25) is 0 Å². The second-order valence-corrected chi connectivity index (χ2v) is 9.30. The van der Waals surface area contributed by atoms with Crippen molar-refractivity contribution in [2.24, 2.45) is 34.5 Å². The summed E-state index contributed by atoms with van der Waals surface area (Å²) >= 11 is 0. The minimum absolute atomic E-state index is 0.212. The molecule has 0 saturated heterocycles. The van der Waals surface area contributed by atoms with Crippen LogP contribution in [0.1, 0.15) is 41.5 Å². The summed E-state index contributed by atoms with van der Waals surface area (Å²) in [6.07, 6.45) is 27.8. The molecule has 0 radical (unpaired) electrons. The molecule has 0 saturated carbocycles. The lowest BCUT2D eigenvalue weighted by atomic mass is 9.73. The summed E-state index contributed by atoms with van der Waals surface area (Å²) < 4.78 is 0. The molecule has 2 aliphatic carbocycles. The highest BCUT2D eigenvalue weighted by Gasteiger charge is 2.29. The first-order valence-corrected chi connectivity index (χ1v) is 9.24. The molecule has 0 amide bonds. The van der Waals surface area contributed by atoms with Crippen LogP contribution in [0.15, 0.2) is 72.9 Å². The Bertz CT molecular complexity index is 501. The summed E-state index contributed by atoms with van der Waals surface area (Å²) in [4.78, 5) is 0. The molecule has 2 atom stereocenters. The Morgan fingerprint density at radius 2 is 0.875 bits per heavy atom. The van der Waals surface area contributed by atoms with Gasteiger partial charge in [0.05, 0.1) is 0 Å². The second-order valence-electron chi connectivity index (χ2n) is 9.30. The lowest BCUT2D eigenvalue weighted by Gasteiger charge is -2.31. The topological polar surface area (TPSA) is 0 Å². The van der Waals surface area contributed by atoms with Crippen LogP contribution in [0.5, 0.6) is 0 Å². The van der Waals surface area contributed by atoms with Crippen molar-refractivity contribution < 1.29 is 0 Å². The van der Waals surface area contributed by atoms with Crippen LogP contribution in [-0.4, -0.2) is 0 Å². The van der Waals surface area contributed by atoms with Gasteiger partial charge in [-0.3, -0.25) is 0 Å². The lowest BCUT2D eigenvalue weighted by molar-refractivity contribution is 0.369. The fourth-order valence-corrected chi connectivity index (χ4v) is 3.24. The number of allylic oxidation sites excluding steroid dienone is 12. The van der Waals surface area contributed by atoms with Crippen LogP contribution in [0.4, 0.5) is 0 Å². The summed E-state index contributed by atoms with van der Waals surface area (Å²) in [5.74, 6) is 1.94. The molecule has 0 heterocycles. The number of hydrogen-bond acceptors (Lipinski definition) is 0. The number of hydrogen-bond donors (Lipinski definition) is 0. The molecule has 0 N–H and O–H groups in total. The molecule has 2 unspecified atom stereocenters. The largest absolute Gasteiger partial charge is 0.0834 e. The van der Waals surface area contributed by atoms with Crippen molar-refractivity contribution in [2.75, 3.05) is 0 Å². The van der Waals surface area contributed by atoms with E-state index in [2.05, 4.69) is 114 Å². The van der Waals surface area contributed by atoms with Crippen molar-refractivity contribution in [3.05, 3.63) is 72.9 Å². The maximum atomic E-state index is 2.46. The van der Waals surface area contributed by atoms with Crippen LogP contribution in [-0.2, 0) is 0 Å². The first kappa shape index (κ1) is 18.8. The Labute approximate surface area is 149 Å². The van der Waals surface area contributed by atoms with E-state index in [4.69, 9.17) is 0 Å². The van der Waals surface area contributed by atoms with Gasteiger partial charge in [0.25, 0.3) is 0 Å². The molecule has 0 aromatic rings. The minimum Gasteiger partial charge on any atom is -0.0834 e. The van der Waals surface area contributed by atoms with E-state index in [-0.39, 0.29) is 10.8 Å². The zero-order valence-electron chi connectivity index (χ0n) is 16.2. The van der Waals surface area contributed by atoms with Crippen LogP contribution in [0, 0.1) is 34.5 Å².